The number of rotatable bonds is 5. The van der Waals surface area contributed by atoms with Crippen molar-refractivity contribution in [3.8, 4) is 5.75 Å². The molecule has 2 aromatic rings. The van der Waals surface area contributed by atoms with E-state index in [0.29, 0.717) is 12.4 Å². The molecule has 132 valence electrons. The zero-order valence-corrected chi connectivity index (χ0v) is 14.0. The highest BCUT2D eigenvalue weighted by atomic mass is 35.5. The second-order valence-corrected chi connectivity index (χ2v) is 5.42. The molecule has 0 aromatic heterocycles. The van der Waals surface area contributed by atoms with Crippen LogP contribution < -0.4 is 10.1 Å². The third-order valence-electron chi connectivity index (χ3n) is 3.17. The predicted molar refractivity (Wildman–Crippen MR) is 91.7 cm³/mol. The summed E-state index contributed by atoms with van der Waals surface area (Å²) >= 11 is 5.83. The summed E-state index contributed by atoms with van der Waals surface area (Å²) in [5, 5.41) is 2.37. The van der Waals surface area contributed by atoms with Crippen molar-refractivity contribution in [1.82, 2.24) is 0 Å². The maximum Gasteiger partial charge on any atom is 0.416 e. The fourth-order valence-corrected chi connectivity index (χ4v) is 2.15. The largest absolute Gasteiger partial charge is 0.494 e. The van der Waals surface area contributed by atoms with E-state index >= 15 is 0 Å². The summed E-state index contributed by atoms with van der Waals surface area (Å²) in [6.07, 6.45) is -1.76. The zero-order chi connectivity index (χ0) is 18.4. The van der Waals surface area contributed by atoms with Gasteiger partial charge in [-0.15, -0.1) is 0 Å². The van der Waals surface area contributed by atoms with Crippen LogP contribution in [0.1, 0.15) is 18.1 Å². The molecular weight excluding hydrogens is 355 g/mol. The van der Waals surface area contributed by atoms with Gasteiger partial charge < -0.3 is 10.1 Å². The number of halogens is 4. The summed E-state index contributed by atoms with van der Waals surface area (Å²) in [5.41, 5.74) is -0.241. The van der Waals surface area contributed by atoms with Crippen molar-refractivity contribution in [3.63, 3.8) is 0 Å². The Labute approximate surface area is 148 Å². The van der Waals surface area contributed by atoms with Crippen LogP contribution in [0, 0.1) is 0 Å². The van der Waals surface area contributed by atoms with Crippen LogP contribution >= 0.6 is 11.6 Å². The van der Waals surface area contributed by atoms with Crippen LogP contribution in [0.25, 0.3) is 6.08 Å². The van der Waals surface area contributed by atoms with E-state index in [2.05, 4.69) is 5.32 Å². The maximum absolute atomic E-state index is 12.7. The van der Waals surface area contributed by atoms with E-state index in [9.17, 15) is 18.0 Å². The first kappa shape index (κ1) is 18.9. The zero-order valence-electron chi connectivity index (χ0n) is 13.2. The Morgan fingerprint density at radius 2 is 1.88 bits per heavy atom. The molecule has 0 heterocycles. The second-order valence-electron chi connectivity index (χ2n) is 5.02. The Morgan fingerprint density at radius 3 is 2.48 bits per heavy atom. The molecule has 0 atom stereocenters. The molecule has 7 heteroatoms. The van der Waals surface area contributed by atoms with E-state index in [1.165, 1.54) is 12.2 Å². The van der Waals surface area contributed by atoms with Crippen molar-refractivity contribution in [1.29, 1.82) is 0 Å². The highest BCUT2D eigenvalue weighted by Crippen LogP contribution is 2.33. The van der Waals surface area contributed by atoms with Crippen molar-refractivity contribution in [2.24, 2.45) is 0 Å². The Morgan fingerprint density at radius 1 is 1.20 bits per heavy atom. The van der Waals surface area contributed by atoms with Gasteiger partial charge in [-0.25, -0.2) is 0 Å². The highest BCUT2D eigenvalue weighted by molar-refractivity contribution is 6.33. The average molecular weight is 370 g/mol. The van der Waals surface area contributed by atoms with Crippen LogP contribution in [0.4, 0.5) is 18.9 Å². The number of carbonyl (C=O) groups is 1. The van der Waals surface area contributed by atoms with Gasteiger partial charge in [0, 0.05) is 6.08 Å². The van der Waals surface area contributed by atoms with Crippen molar-refractivity contribution in [2.75, 3.05) is 11.9 Å². The second kappa shape index (κ2) is 8.07. The van der Waals surface area contributed by atoms with Gasteiger partial charge in [-0.05, 0) is 48.9 Å². The molecule has 0 aliphatic rings. The Hall–Kier alpha value is -2.47. The molecule has 2 aromatic carbocycles. The van der Waals surface area contributed by atoms with Gasteiger partial charge in [-0.3, -0.25) is 4.79 Å². The van der Waals surface area contributed by atoms with Gasteiger partial charge in [-0.2, -0.15) is 13.2 Å². The molecule has 0 aliphatic carbocycles. The maximum atomic E-state index is 12.7. The molecule has 2 rings (SSSR count). The SMILES string of the molecule is CCOc1ccc(C=CC(=O)Nc2cc(C(F)(F)F)ccc2Cl)cc1. The van der Waals surface area contributed by atoms with Crippen molar-refractivity contribution in [3.05, 3.63) is 64.7 Å². The monoisotopic (exact) mass is 369 g/mol. The van der Waals surface area contributed by atoms with Gasteiger partial charge in [-0.1, -0.05) is 23.7 Å². The molecule has 0 saturated heterocycles. The first-order valence-corrected chi connectivity index (χ1v) is 7.76. The van der Waals surface area contributed by atoms with Crippen LogP contribution in [0.5, 0.6) is 5.75 Å². The lowest BCUT2D eigenvalue weighted by molar-refractivity contribution is -0.137. The van der Waals surface area contributed by atoms with Crippen molar-refractivity contribution in [2.45, 2.75) is 13.1 Å². The van der Waals surface area contributed by atoms with Crippen LogP contribution in [0.2, 0.25) is 5.02 Å². The topological polar surface area (TPSA) is 38.3 Å². The first-order valence-electron chi connectivity index (χ1n) is 7.38. The smallest absolute Gasteiger partial charge is 0.416 e. The number of alkyl halides is 3. The average Bonchev–Trinajstić information content (AvgIpc) is 2.55. The van der Waals surface area contributed by atoms with Gasteiger partial charge in [0.1, 0.15) is 5.75 Å². The molecular formula is C18H15ClF3NO2. The summed E-state index contributed by atoms with van der Waals surface area (Å²) in [4.78, 5) is 11.9. The summed E-state index contributed by atoms with van der Waals surface area (Å²) in [7, 11) is 0. The van der Waals surface area contributed by atoms with Crippen molar-refractivity contribution >= 4 is 29.3 Å². The summed E-state index contributed by atoms with van der Waals surface area (Å²) < 4.78 is 43.4. The van der Waals surface area contributed by atoms with Gasteiger partial charge >= 0.3 is 6.18 Å². The van der Waals surface area contributed by atoms with Crippen LogP contribution in [-0.2, 0) is 11.0 Å². The minimum atomic E-state index is -4.51. The van der Waals surface area contributed by atoms with E-state index < -0.39 is 17.6 Å². The number of hydrogen-bond donors (Lipinski definition) is 1. The molecule has 3 nitrogen and oxygen atoms in total. The van der Waals surface area contributed by atoms with E-state index in [1.54, 1.807) is 24.3 Å². The van der Waals surface area contributed by atoms with E-state index in [-0.39, 0.29) is 10.7 Å². The Balaban J connectivity index is 2.07. The first-order chi connectivity index (χ1) is 11.8. The number of ether oxygens (including phenoxy) is 1. The minimum absolute atomic E-state index is 0.0239. The van der Waals surface area contributed by atoms with Gasteiger partial charge in [0.05, 0.1) is 22.9 Å². The Bertz CT molecular complexity index is 771. The predicted octanol–water partition coefficient (Wildman–Crippen LogP) is 5.41. The lowest BCUT2D eigenvalue weighted by Gasteiger charge is -2.10. The number of amides is 1. The van der Waals surface area contributed by atoms with Crippen molar-refractivity contribution < 1.29 is 22.7 Å². The number of carbonyl (C=O) groups excluding carboxylic acids is 1. The molecule has 1 N–H and O–H groups in total. The molecule has 0 spiro atoms. The summed E-state index contributed by atoms with van der Waals surface area (Å²) in [6.45, 7) is 2.42. The van der Waals surface area contributed by atoms with E-state index in [4.69, 9.17) is 16.3 Å². The van der Waals surface area contributed by atoms with Gasteiger partial charge in [0.15, 0.2) is 0 Å². The number of nitrogens with one attached hydrogen (secondary N) is 1. The number of benzene rings is 2. The molecule has 1 amide bonds. The molecule has 25 heavy (non-hydrogen) atoms. The molecule has 0 saturated carbocycles. The number of hydrogen-bond acceptors (Lipinski definition) is 2. The number of anilines is 1. The molecule has 0 aliphatic heterocycles. The standard InChI is InChI=1S/C18H15ClF3NO2/c1-2-25-14-7-3-12(4-8-14)5-10-17(24)23-16-11-13(18(20,21)22)6-9-15(16)19/h3-11H,2H2,1H3,(H,23,24). The normalized spacial score (nSPS) is 11.6. The van der Waals surface area contributed by atoms with Crippen LogP contribution in [-0.4, -0.2) is 12.5 Å². The van der Waals surface area contributed by atoms with Crippen LogP contribution in [0.3, 0.4) is 0 Å². The quantitative estimate of drug-likeness (QED) is 0.716. The molecule has 0 unspecified atom stereocenters. The fraction of sp³-hybridized carbons (Fsp3) is 0.167. The lowest BCUT2D eigenvalue weighted by atomic mass is 10.2. The van der Waals surface area contributed by atoms with Gasteiger partial charge in [0.2, 0.25) is 5.91 Å². The highest BCUT2D eigenvalue weighted by Gasteiger charge is 2.31. The minimum Gasteiger partial charge on any atom is -0.494 e. The summed E-state index contributed by atoms with van der Waals surface area (Å²) in [5.74, 6) is 0.120. The van der Waals surface area contributed by atoms with E-state index in [1.807, 2.05) is 6.92 Å². The lowest BCUT2D eigenvalue weighted by Crippen LogP contribution is -2.11. The molecule has 0 bridgehead atoms. The molecule has 0 fully saturated rings. The summed E-state index contributed by atoms with van der Waals surface area (Å²) in [6, 6.07) is 9.77. The Kier molecular flexibility index (Phi) is 6.09. The fourth-order valence-electron chi connectivity index (χ4n) is 1.99. The third-order valence-corrected chi connectivity index (χ3v) is 3.50. The van der Waals surface area contributed by atoms with Crippen LogP contribution in [0.15, 0.2) is 48.5 Å². The van der Waals surface area contributed by atoms with E-state index in [0.717, 1.165) is 23.8 Å². The molecule has 0 radical (unpaired) electrons. The van der Waals surface area contributed by atoms with Gasteiger partial charge in [0.25, 0.3) is 0 Å². The third kappa shape index (κ3) is 5.53.